The Labute approximate surface area is 83.3 Å². The Hall–Kier alpha value is -0.410. The molecule has 13 heavy (non-hydrogen) atoms. The van der Waals surface area contributed by atoms with E-state index in [4.69, 9.17) is 23.2 Å². The first-order valence-corrected chi connectivity index (χ1v) is 4.29. The maximum Gasteiger partial charge on any atom is 0.180 e. The van der Waals surface area contributed by atoms with Gasteiger partial charge in [-0.25, -0.2) is 13.2 Å². The molecule has 0 aliphatic heterocycles. The first-order chi connectivity index (χ1) is 6.00. The highest BCUT2D eigenvalue weighted by Gasteiger charge is 2.20. The summed E-state index contributed by atoms with van der Waals surface area (Å²) in [6.45, 7) is 1.25. The zero-order valence-corrected chi connectivity index (χ0v) is 8.11. The Bertz CT molecular complexity index is 321. The number of rotatable bonds is 1. The molecule has 0 aliphatic carbocycles. The molecule has 1 aromatic rings. The normalized spacial score (nSPS) is 10.6. The highest BCUT2D eigenvalue weighted by molar-refractivity contribution is 6.31. The smallest absolute Gasteiger partial charge is 0.180 e. The molecule has 72 valence electrons. The number of alkyl halides is 1. The molecule has 0 saturated carbocycles. The highest BCUT2D eigenvalue weighted by Crippen LogP contribution is 2.29. The van der Waals surface area contributed by atoms with E-state index in [0.717, 1.165) is 0 Å². The van der Waals surface area contributed by atoms with Crippen LogP contribution in [0, 0.1) is 24.4 Å². The van der Waals surface area contributed by atoms with E-state index < -0.39 is 22.5 Å². The van der Waals surface area contributed by atoms with E-state index in [1.54, 1.807) is 0 Å². The minimum Gasteiger partial charge on any atom is -0.205 e. The summed E-state index contributed by atoms with van der Waals surface area (Å²) in [7, 11) is 0. The fourth-order valence-electron chi connectivity index (χ4n) is 0.946. The zero-order valence-electron chi connectivity index (χ0n) is 6.60. The van der Waals surface area contributed by atoms with Gasteiger partial charge >= 0.3 is 0 Å². The van der Waals surface area contributed by atoms with E-state index in [0.29, 0.717) is 0 Å². The molecule has 0 aliphatic rings. The summed E-state index contributed by atoms with van der Waals surface area (Å²) in [5, 5.41) is -0.848. The van der Waals surface area contributed by atoms with Gasteiger partial charge in [0.15, 0.2) is 11.6 Å². The van der Waals surface area contributed by atoms with Crippen molar-refractivity contribution in [2.75, 3.05) is 0 Å². The van der Waals surface area contributed by atoms with Crippen LogP contribution in [0.5, 0.6) is 0 Å². The van der Waals surface area contributed by atoms with Crippen molar-refractivity contribution in [3.63, 3.8) is 0 Å². The molecule has 0 amide bonds. The van der Waals surface area contributed by atoms with Gasteiger partial charge in [-0.05, 0) is 12.5 Å². The van der Waals surface area contributed by atoms with Crippen molar-refractivity contribution in [3.05, 3.63) is 33.6 Å². The van der Waals surface area contributed by atoms with E-state index >= 15 is 0 Å². The molecule has 0 N–H and O–H groups in total. The van der Waals surface area contributed by atoms with E-state index in [9.17, 15) is 13.2 Å². The second-order valence-corrected chi connectivity index (χ2v) is 3.14. The van der Waals surface area contributed by atoms with Crippen LogP contribution < -0.4 is 0 Å². The third kappa shape index (κ3) is 1.63. The summed E-state index contributed by atoms with van der Waals surface area (Å²) < 4.78 is 38.8. The molecule has 0 unspecified atom stereocenters. The quantitative estimate of drug-likeness (QED) is 0.390. The van der Waals surface area contributed by atoms with Crippen LogP contribution in [0.25, 0.3) is 0 Å². The Morgan fingerprint density at radius 1 is 1.08 bits per heavy atom. The molecular weight excluding hydrogens is 224 g/mol. The van der Waals surface area contributed by atoms with Crippen molar-refractivity contribution >= 4 is 23.2 Å². The van der Waals surface area contributed by atoms with Gasteiger partial charge in [0.05, 0.1) is 5.88 Å². The van der Waals surface area contributed by atoms with E-state index in [1.807, 2.05) is 0 Å². The minimum absolute atomic E-state index is 0.106. The van der Waals surface area contributed by atoms with E-state index in [-0.39, 0.29) is 17.0 Å². The van der Waals surface area contributed by atoms with Crippen molar-refractivity contribution < 1.29 is 13.2 Å². The summed E-state index contributed by atoms with van der Waals surface area (Å²) >= 11 is 10.5. The highest BCUT2D eigenvalue weighted by atomic mass is 35.5. The van der Waals surface area contributed by atoms with Crippen molar-refractivity contribution in [1.29, 1.82) is 0 Å². The maximum absolute atomic E-state index is 13.1. The molecule has 0 atom stereocenters. The van der Waals surface area contributed by atoms with E-state index in [1.165, 1.54) is 6.92 Å². The fourth-order valence-corrected chi connectivity index (χ4v) is 1.46. The lowest BCUT2D eigenvalue weighted by Gasteiger charge is -2.07. The van der Waals surface area contributed by atoms with Gasteiger partial charge < -0.3 is 0 Å². The zero-order chi connectivity index (χ0) is 10.2. The van der Waals surface area contributed by atoms with Crippen LogP contribution in [-0.2, 0) is 5.88 Å². The molecule has 0 saturated heterocycles. The first kappa shape index (κ1) is 10.7. The van der Waals surface area contributed by atoms with Gasteiger partial charge in [-0.15, -0.1) is 11.6 Å². The van der Waals surface area contributed by atoms with Crippen LogP contribution in [0.1, 0.15) is 11.1 Å². The maximum atomic E-state index is 13.1. The topological polar surface area (TPSA) is 0 Å². The lowest BCUT2D eigenvalue weighted by molar-refractivity contribution is 0.486. The monoisotopic (exact) mass is 228 g/mol. The van der Waals surface area contributed by atoms with Gasteiger partial charge in [0.2, 0.25) is 0 Å². The average Bonchev–Trinajstić information content (AvgIpc) is 2.13. The number of hydrogen-bond acceptors (Lipinski definition) is 0. The van der Waals surface area contributed by atoms with Gasteiger partial charge in [-0.1, -0.05) is 11.6 Å². The molecular formula is C8H5Cl2F3. The Kier molecular flexibility index (Phi) is 3.09. The number of hydrogen-bond donors (Lipinski definition) is 0. The van der Waals surface area contributed by atoms with Crippen molar-refractivity contribution in [2.45, 2.75) is 12.8 Å². The van der Waals surface area contributed by atoms with Crippen LogP contribution in [-0.4, -0.2) is 0 Å². The first-order valence-electron chi connectivity index (χ1n) is 3.38. The summed E-state index contributed by atoms with van der Waals surface area (Å²) in [6, 6.07) is 0. The summed E-state index contributed by atoms with van der Waals surface area (Å²) in [6.07, 6.45) is 0. The van der Waals surface area contributed by atoms with Gasteiger partial charge in [0.1, 0.15) is 10.8 Å². The molecule has 1 aromatic carbocycles. The van der Waals surface area contributed by atoms with Crippen LogP contribution >= 0.6 is 23.2 Å². The largest absolute Gasteiger partial charge is 0.205 e. The average molecular weight is 229 g/mol. The molecule has 0 nitrogen and oxygen atoms in total. The summed E-state index contributed by atoms with van der Waals surface area (Å²) in [5.41, 5.74) is -0.250. The second-order valence-electron chi connectivity index (χ2n) is 2.49. The third-order valence-electron chi connectivity index (χ3n) is 1.76. The molecule has 0 fully saturated rings. The molecule has 1 rings (SSSR count). The van der Waals surface area contributed by atoms with Crippen LogP contribution in [0.2, 0.25) is 5.02 Å². The Balaban J connectivity index is 3.56. The van der Waals surface area contributed by atoms with Crippen LogP contribution in [0.15, 0.2) is 0 Å². The lowest BCUT2D eigenvalue weighted by atomic mass is 10.1. The molecule has 0 spiro atoms. The predicted octanol–water partition coefficient (Wildman–Crippen LogP) is 3.80. The van der Waals surface area contributed by atoms with E-state index in [2.05, 4.69) is 0 Å². The molecule has 0 radical (unpaired) electrons. The van der Waals surface area contributed by atoms with Crippen molar-refractivity contribution in [2.24, 2.45) is 0 Å². The van der Waals surface area contributed by atoms with Gasteiger partial charge in [0, 0.05) is 5.56 Å². The van der Waals surface area contributed by atoms with Crippen LogP contribution in [0.4, 0.5) is 13.2 Å². The SMILES string of the molecule is Cc1c(F)c(F)c(Cl)c(F)c1CCl. The van der Waals surface area contributed by atoms with Crippen molar-refractivity contribution in [1.82, 2.24) is 0 Å². The number of benzene rings is 1. The van der Waals surface area contributed by atoms with Gasteiger partial charge in [-0.3, -0.25) is 0 Å². The third-order valence-corrected chi connectivity index (χ3v) is 2.36. The minimum atomic E-state index is -1.37. The molecule has 5 heteroatoms. The lowest BCUT2D eigenvalue weighted by Crippen LogP contribution is -2.01. The van der Waals surface area contributed by atoms with Gasteiger partial charge in [-0.2, -0.15) is 0 Å². The van der Waals surface area contributed by atoms with Crippen LogP contribution in [0.3, 0.4) is 0 Å². The Morgan fingerprint density at radius 2 is 1.62 bits per heavy atom. The second kappa shape index (κ2) is 3.76. The standard InChI is InChI=1S/C8H5Cl2F3/c1-3-4(2-9)7(12)5(10)8(13)6(3)11/h2H2,1H3. The molecule has 0 heterocycles. The Morgan fingerprint density at radius 3 is 2.08 bits per heavy atom. The fraction of sp³-hybridized carbons (Fsp3) is 0.250. The van der Waals surface area contributed by atoms with Crippen molar-refractivity contribution in [3.8, 4) is 0 Å². The van der Waals surface area contributed by atoms with Gasteiger partial charge in [0.25, 0.3) is 0 Å². The predicted molar refractivity (Wildman–Crippen MR) is 45.6 cm³/mol. The molecule has 0 bridgehead atoms. The molecule has 0 aromatic heterocycles. The number of halogens is 5. The summed E-state index contributed by atoms with van der Waals surface area (Å²) in [5.74, 6) is -3.75. The summed E-state index contributed by atoms with van der Waals surface area (Å²) in [4.78, 5) is 0.